The lowest BCUT2D eigenvalue weighted by Gasteiger charge is -2.13. The minimum atomic E-state index is -0.642. The molecule has 0 bridgehead atoms. The van der Waals surface area contributed by atoms with Crippen LogP contribution >= 0.6 is 0 Å². The summed E-state index contributed by atoms with van der Waals surface area (Å²) >= 11 is 0. The Morgan fingerprint density at radius 2 is 1.96 bits per heavy atom. The van der Waals surface area contributed by atoms with Crippen LogP contribution in [0.1, 0.15) is 29.9 Å². The molecule has 0 amide bonds. The molecule has 0 spiro atoms. The Balaban J connectivity index is 2.17. The van der Waals surface area contributed by atoms with Crippen molar-refractivity contribution >= 4 is 5.52 Å². The van der Waals surface area contributed by atoms with Gasteiger partial charge < -0.3 is 0 Å². The number of pyridine rings is 1. The quantitative estimate of drug-likeness (QED) is 0.782. The van der Waals surface area contributed by atoms with Gasteiger partial charge in [0.15, 0.2) is 11.6 Å². The van der Waals surface area contributed by atoms with Gasteiger partial charge >= 0.3 is 5.69 Å². The predicted molar refractivity (Wildman–Crippen MR) is 82.0 cm³/mol. The first-order valence-corrected chi connectivity index (χ1v) is 7.33. The third-order valence-electron chi connectivity index (χ3n) is 4.17. The molecule has 0 saturated heterocycles. The highest BCUT2D eigenvalue weighted by atomic mass is 19.1. The number of aromatic nitrogens is 4. The molecule has 116 valence electrons. The van der Waals surface area contributed by atoms with Crippen LogP contribution in [0.3, 0.4) is 0 Å². The van der Waals surface area contributed by atoms with Crippen molar-refractivity contribution in [1.82, 2.24) is 19.4 Å². The zero-order valence-electron chi connectivity index (χ0n) is 12.3. The van der Waals surface area contributed by atoms with E-state index in [1.54, 1.807) is 13.0 Å². The van der Waals surface area contributed by atoms with Crippen molar-refractivity contribution < 1.29 is 4.39 Å². The topological polar surface area (TPSA) is 80.1 Å². The molecule has 3 aromatic rings. The van der Waals surface area contributed by atoms with E-state index in [0.29, 0.717) is 16.6 Å². The lowest BCUT2D eigenvalue weighted by atomic mass is 10.0. The van der Waals surface area contributed by atoms with Gasteiger partial charge in [0.05, 0.1) is 17.3 Å². The monoisotopic (exact) mass is 312 g/mol. The summed E-state index contributed by atoms with van der Waals surface area (Å²) in [6.45, 7) is 1.69. The van der Waals surface area contributed by atoms with Crippen LogP contribution in [0.15, 0.2) is 34.2 Å². The van der Waals surface area contributed by atoms with Gasteiger partial charge in [0.2, 0.25) is 0 Å². The molecule has 1 aliphatic carbocycles. The van der Waals surface area contributed by atoms with Crippen molar-refractivity contribution in [3.8, 4) is 11.4 Å². The van der Waals surface area contributed by atoms with Crippen LogP contribution in [0.25, 0.3) is 16.9 Å². The molecule has 4 rings (SSSR count). The normalized spacial score (nSPS) is 14.3. The number of halogens is 1. The molecular formula is C16H13FN4O2. The van der Waals surface area contributed by atoms with E-state index in [1.807, 2.05) is 0 Å². The molecule has 3 aromatic heterocycles. The van der Waals surface area contributed by atoms with Gasteiger partial charge in [0.25, 0.3) is 5.56 Å². The largest absolute Gasteiger partial charge is 0.333 e. The van der Waals surface area contributed by atoms with Crippen molar-refractivity contribution in [2.24, 2.45) is 0 Å². The molecule has 0 aromatic carbocycles. The number of rotatable bonds is 2. The Morgan fingerprint density at radius 3 is 2.61 bits per heavy atom. The molecule has 1 aliphatic rings. The van der Waals surface area contributed by atoms with Crippen LogP contribution in [-0.2, 0) is 0 Å². The SMILES string of the molecule is Cc1c(-c2ncccn2)c(F)cn2c(=O)[nH]c(=O)c(C3CC3)c12. The Kier molecular flexibility index (Phi) is 2.90. The number of aryl methyl sites for hydroxylation is 1. The van der Waals surface area contributed by atoms with Crippen LogP contribution < -0.4 is 11.2 Å². The van der Waals surface area contributed by atoms with Gasteiger partial charge in [-0.3, -0.25) is 14.2 Å². The first-order chi connectivity index (χ1) is 11.1. The van der Waals surface area contributed by atoms with E-state index >= 15 is 0 Å². The number of nitrogens with one attached hydrogen (secondary N) is 1. The molecular weight excluding hydrogens is 299 g/mol. The second-order valence-electron chi connectivity index (χ2n) is 5.72. The van der Waals surface area contributed by atoms with Crippen molar-refractivity contribution in [1.29, 1.82) is 0 Å². The van der Waals surface area contributed by atoms with Crippen LogP contribution in [0, 0.1) is 12.7 Å². The average Bonchev–Trinajstić information content (AvgIpc) is 3.34. The third kappa shape index (κ3) is 2.08. The summed E-state index contributed by atoms with van der Waals surface area (Å²) in [6, 6.07) is 1.64. The molecule has 0 unspecified atom stereocenters. The van der Waals surface area contributed by atoms with E-state index in [9.17, 15) is 14.0 Å². The second-order valence-corrected chi connectivity index (χ2v) is 5.72. The first kappa shape index (κ1) is 13.8. The second kappa shape index (κ2) is 4.84. The lowest BCUT2D eigenvalue weighted by Crippen LogP contribution is -2.30. The highest BCUT2D eigenvalue weighted by Gasteiger charge is 2.31. The van der Waals surface area contributed by atoms with Gasteiger partial charge in [0, 0.05) is 18.0 Å². The number of aromatic amines is 1. The maximum atomic E-state index is 14.6. The number of hydrogen-bond donors (Lipinski definition) is 1. The smallest absolute Gasteiger partial charge is 0.273 e. The summed E-state index contributed by atoms with van der Waals surface area (Å²) in [5.41, 5.74) is 0.687. The zero-order valence-corrected chi connectivity index (χ0v) is 12.3. The Labute approximate surface area is 129 Å². The Bertz CT molecular complexity index is 1040. The summed E-state index contributed by atoms with van der Waals surface area (Å²) in [6.07, 6.45) is 5.93. The molecule has 7 heteroatoms. The van der Waals surface area contributed by atoms with E-state index in [1.165, 1.54) is 16.8 Å². The summed E-state index contributed by atoms with van der Waals surface area (Å²) in [4.78, 5) is 34.7. The van der Waals surface area contributed by atoms with Crippen LogP contribution in [0.5, 0.6) is 0 Å². The fourth-order valence-electron chi connectivity index (χ4n) is 3.00. The molecule has 1 N–H and O–H groups in total. The summed E-state index contributed by atoms with van der Waals surface area (Å²) < 4.78 is 15.7. The molecule has 6 nitrogen and oxygen atoms in total. The predicted octanol–water partition coefficient (Wildman–Crippen LogP) is 1.77. The van der Waals surface area contributed by atoms with Crippen molar-refractivity contribution in [3.63, 3.8) is 0 Å². The summed E-state index contributed by atoms with van der Waals surface area (Å²) in [5.74, 6) is -0.250. The number of fused-ring (bicyclic) bond motifs is 1. The summed E-state index contributed by atoms with van der Waals surface area (Å²) in [5, 5.41) is 0. The van der Waals surface area contributed by atoms with Crippen molar-refractivity contribution in [3.05, 3.63) is 62.4 Å². The van der Waals surface area contributed by atoms with Gasteiger partial charge in [0.1, 0.15) is 0 Å². The zero-order chi connectivity index (χ0) is 16.1. The van der Waals surface area contributed by atoms with Crippen molar-refractivity contribution in [2.45, 2.75) is 25.7 Å². The van der Waals surface area contributed by atoms with E-state index in [4.69, 9.17) is 0 Å². The fourth-order valence-corrected chi connectivity index (χ4v) is 3.00. The Hall–Kier alpha value is -2.83. The average molecular weight is 312 g/mol. The maximum absolute atomic E-state index is 14.6. The van der Waals surface area contributed by atoms with E-state index < -0.39 is 17.1 Å². The molecule has 3 heterocycles. The number of nitrogens with zero attached hydrogens (tertiary/aromatic N) is 3. The standard InChI is InChI=1S/C16H13FN4O2/c1-8-11(14-18-5-2-6-19-14)10(17)7-21-13(8)12(9-3-4-9)15(22)20-16(21)23/h2,5-7,9H,3-4H2,1H3,(H,20,22,23). The van der Waals surface area contributed by atoms with Crippen LogP contribution in [-0.4, -0.2) is 19.4 Å². The van der Waals surface area contributed by atoms with E-state index in [2.05, 4.69) is 15.0 Å². The maximum Gasteiger partial charge on any atom is 0.333 e. The minimum Gasteiger partial charge on any atom is -0.273 e. The Morgan fingerprint density at radius 1 is 1.26 bits per heavy atom. The van der Waals surface area contributed by atoms with Gasteiger partial charge in [-0.05, 0) is 37.3 Å². The molecule has 0 aliphatic heterocycles. The van der Waals surface area contributed by atoms with Crippen molar-refractivity contribution in [2.75, 3.05) is 0 Å². The van der Waals surface area contributed by atoms with Gasteiger partial charge in [-0.2, -0.15) is 0 Å². The highest BCUT2D eigenvalue weighted by Crippen LogP contribution is 2.41. The molecule has 1 saturated carbocycles. The fraction of sp³-hybridized carbons (Fsp3) is 0.250. The molecule has 23 heavy (non-hydrogen) atoms. The molecule has 1 fully saturated rings. The van der Waals surface area contributed by atoms with Crippen LogP contribution in [0.4, 0.5) is 4.39 Å². The first-order valence-electron chi connectivity index (χ1n) is 7.33. The van der Waals surface area contributed by atoms with Crippen LogP contribution in [0.2, 0.25) is 0 Å². The van der Waals surface area contributed by atoms with Gasteiger partial charge in [-0.15, -0.1) is 0 Å². The van der Waals surface area contributed by atoms with E-state index in [-0.39, 0.29) is 17.3 Å². The minimum absolute atomic E-state index is 0.114. The number of H-pyrrole nitrogens is 1. The van der Waals surface area contributed by atoms with Gasteiger partial charge in [-0.25, -0.2) is 19.2 Å². The van der Waals surface area contributed by atoms with Gasteiger partial charge in [-0.1, -0.05) is 0 Å². The lowest BCUT2D eigenvalue weighted by molar-refractivity contribution is 0.617. The molecule has 0 radical (unpaired) electrons. The molecule has 0 atom stereocenters. The summed E-state index contributed by atoms with van der Waals surface area (Å²) in [7, 11) is 0. The number of hydrogen-bond acceptors (Lipinski definition) is 4. The highest BCUT2D eigenvalue weighted by molar-refractivity contribution is 5.74. The van der Waals surface area contributed by atoms with E-state index in [0.717, 1.165) is 19.0 Å². The third-order valence-corrected chi connectivity index (χ3v) is 4.17.